The standard InChI is InChI=1S/C25H20ClFNO3PS/c26-20-13-17-24(18-14-20)33(30,31)28-25(19-11-15-21(27)16-12-19)32(29,22-7-3-1-4-8-22)23-9-5-2-6-10-23/h1-18,25,28H/t25-/m0/s1. The molecular formula is C25H20ClFNO3PS. The predicted molar refractivity (Wildman–Crippen MR) is 131 cm³/mol. The van der Waals surface area contributed by atoms with Crippen LogP contribution in [0.4, 0.5) is 4.39 Å². The largest absolute Gasteiger partial charge is 0.312 e. The third-order valence-corrected chi connectivity index (χ3v) is 10.4. The number of hydrogen-bond acceptors (Lipinski definition) is 3. The Kier molecular flexibility index (Phi) is 6.82. The van der Waals surface area contributed by atoms with E-state index in [1.807, 2.05) is 0 Å². The normalized spacial score (nSPS) is 12.9. The molecule has 0 fully saturated rings. The molecule has 0 aliphatic heterocycles. The SMILES string of the molecule is O=P(c1ccccc1)(c1ccccc1)[C@H](NS(=O)(=O)c1ccc(Cl)cc1)c1ccc(F)cc1. The number of sulfonamides is 1. The molecule has 0 aliphatic carbocycles. The minimum Gasteiger partial charge on any atom is -0.312 e. The van der Waals surface area contributed by atoms with E-state index in [4.69, 9.17) is 11.6 Å². The molecule has 4 aromatic rings. The fourth-order valence-electron chi connectivity index (χ4n) is 3.57. The summed E-state index contributed by atoms with van der Waals surface area (Å²) in [4.78, 5) is -0.0216. The van der Waals surface area contributed by atoms with Crippen LogP contribution < -0.4 is 15.3 Å². The first-order chi connectivity index (χ1) is 15.8. The summed E-state index contributed by atoms with van der Waals surface area (Å²) in [6.07, 6.45) is 0. The van der Waals surface area contributed by atoms with Crippen molar-refractivity contribution in [3.05, 3.63) is 126 Å². The fraction of sp³-hybridized carbons (Fsp3) is 0.0400. The number of rotatable bonds is 7. The van der Waals surface area contributed by atoms with Crippen molar-refractivity contribution in [2.24, 2.45) is 0 Å². The van der Waals surface area contributed by atoms with Crippen LogP contribution in [0.1, 0.15) is 11.3 Å². The van der Waals surface area contributed by atoms with Gasteiger partial charge in [-0.3, -0.25) is 0 Å². The molecule has 0 heterocycles. The quantitative estimate of drug-likeness (QED) is 0.343. The molecule has 0 saturated carbocycles. The zero-order valence-electron chi connectivity index (χ0n) is 17.3. The highest BCUT2D eigenvalue weighted by molar-refractivity contribution is 7.90. The van der Waals surface area contributed by atoms with Crippen LogP contribution in [-0.4, -0.2) is 8.42 Å². The van der Waals surface area contributed by atoms with Crippen molar-refractivity contribution in [3.63, 3.8) is 0 Å². The Morgan fingerprint density at radius 3 is 1.70 bits per heavy atom. The van der Waals surface area contributed by atoms with E-state index in [-0.39, 0.29) is 4.90 Å². The molecular weight excluding hydrogens is 480 g/mol. The van der Waals surface area contributed by atoms with E-state index in [0.717, 1.165) is 0 Å². The highest BCUT2D eigenvalue weighted by Gasteiger charge is 2.40. The average Bonchev–Trinajstić information content (AvgIpc) is 2.84. The lowest BCUT2D eigenvalue weighted by molar-refractivity contribution is 0.560. The van der Waals surface area contributed by atoms with Crippen LogP contribution in [0.5, 0.6) is 0 Å². The monoisotopic (exact) mass is 499 g/mol. The van der Waals surface area contributed by atoms with Gasteiger partial charge in [-0.1, -0.05) is 84.4 Å². The lowest BCUT2D eigenvalue weighted by atomic mass is 10.2. The van der Waals surface area contributed by atoms with Crippen LogP contribution in [-0.2, 0) is 14.6 Å². The van der Waals surface area contributed by atoms with Gasteiger partial charge in [-0.05, 0) is 42.0 Å². The molecule has 0 aromatic heterocycles. The Morgan fingerprint density at radius 2 is 1.21 bits per heavy atom. The summed E-state index contributed by atoms with van der Waals surface area (Å²) in [5.41, 5.74) is 0.380. The molecule has 0 radical (unpaired) electrons. The van der Waals surface area contributed by atoms with E-state index in [0.29, 0.717) is 21.2 Å². The van der Waals surface area contributed by atoms with Gasteiger partial charge < -0.3 is 4.57 Å². The summed E-state index contributed by atoms with van der Waals surface area (Å²) < 4.78 is 58.0. The minimum atomic E-state index is -4.11. The number of halogens is 2. The first-order valence-corrected chi connectivity index (χ1v) is 13.7. The van der Waals surface area contributed by atoms with Crippen LogP contribution in [0.2, 0.25) is 5.02 Å². The van der Waals surface area contributed by atoms with Crippen molar-refractivity contribution in [2.45, 2.75) is 10.7 Å². The van der Waals surface area contributed by atoms with Crippen LogP contribution in [0.25, 0.3) is 0 Å². The second-order valence-electron chi connectivity index (χ2n) is 7.36. The zero-order valence-corrected chi connectivity index (χ0v) is 19.8. The number of nitrogens with one attached hydrogen (secondary N) is 1. The van der Waals surface area contributed by atoms with Crippen molar-refractivity contribution < 1.29 is 17.4 Å². The maximum absolute atomic E-state index is 14.9. The van der Waals surface area contributed by atoms with Crippen molar-refractivity contribution in [2.75, 3.05) is 0 Å². The van der Waals surface area contributed by atoms with E-state index >= 15 is 0 Å². The van der Waals surface area contributed by atoms with Gasteiger partial charge in [0.15, 0.2) is 7.14 Å². The summed E-state index contributed by atoms with van der Waals surface area (Å²) >= 11 is 5.92. The minimum absolute atomic E-state index is 0.0216. The van der Waals surface area contributed by atoms with Gasteiger partial charge in [0.25, 0.3) is 0 Å². The van der Waals surface area contributed by atoms with Crippen molar-refractivity contribution in [1.82, 2.24) is 4.72 Å². The molecule has 0 spiro atoms. The van der Waals surface area contributed by atoms with E-state index in [2.05, 4.69) is 4.72 Å². The average molecular weight is 500 g/mol. The maximum atomic E-state index is 14.9. The third-order valence-electron chi connectivity index (χ3n) is 5.22. The molecule has 0 amide bonds. The summed E-state index contributed by atoms with van der Waals surface area (Å²) in [6, 6.07) is 28.5. The second-order valence-corrected chi connectivity index (χ2v) is 12.4. The predicted octanol–water partition coefficient (Wildman–Crippen LogP) is 5.47. The number of benzene rings is 4. The van der Waals surface area contributed by atoms with Crippen LogP contribution >= 0.6 is 18.7 Å². The van der Waals surface area contributed by atoms with Gasteiger partial charge in [-0.25, -0.2) is 12.8 Å². The molecule has 4 nitrogen and oxygen atoms in total. The van der Waals surface area contributed by atoms with Crippen LogP contribution in [0.15, 0.2) is 114 Å². The molecule has 0 saturated heterocycles. The lowest BCUT2D eigenvalue weighted by Crippen LogP contribution is -2.34. The van der Waals surface area contributed by atoms with Gasteiger partial charge in [0.2, 0.25) is 10.0 Å². The van der Waals surface area contributed by atoms with E-state index in [1.54, 1.807) is 60.7 Å². The van der Waals surface area contributed by atoms with E-state index in [9.17, 15) is 17.4 Å². The lowest BCUT2D eigenvalue weighted by Gasteiger charge is -2.30. The van der Waals surface area contributed by atoms with Gasteiger partial charge in [0.1, 0.15) is 11.6 Å². The first kappa shape index (κ1) is 23.4. The van der Waals surface area contributed by atoms with E-state index < -0.39 is 28.8 Å². The second kappa shape index (κ2) is 9.62. The topological polar surface area (TPSA) is 63.2 Å². The smallest absolute Gasteiger partial charge is 0.241 e. The Labute approximate surface area is 197 Å². The molecule has 0 unspecified atom stereocenters. The summed E-state index contributed by atoms with van der Waals surface area (Å²) in [5, 5.41) is 1.34. The van der Waals surface area contributed by atoms with Crippen molar-refractivity contribution >= 4 is 39.4 Å². The van der Waals surface area contributed by atoms with Crippen LogP contribution in [0, 0.1) is 5.82 Å². The van der Waals surface area contributed by atoms with Gasteiger partial charge in [-0.2, -0.15) is 4.72 Å². The number of hydrogen-bond donors (Lipinski definition) is 1. The van der Waals surface area contributed by atoms with Crippen molar-refractivity contribution in [3.8, 4) is 0 Å². The van der Waals surface area contributed by atoms with Crippen molar-refractivity contribution in [1.29, 1.82) is 0 Å². The molecule has 1 N–H and O–H groups in total. The van der Waals surface area contributed by atoms with Gasteiger partial charge in [-0.15, -0.1) is 0 Å². The molecule has 4 rings (SSSR count). The first-order valence-electron chi connectivity index (χ1n) is 10.0. The summed E-state index contributed by atoms with van der Waals surface area (Å²) in [7, 11) is -7.74. The molecule has 4 aromatic carbocycles. The molecule has 1 atom stereocenters. The summed E-state index contributed by atoms with van der Waals surface area (Å²) in [6.45, 7) is 0. The Hall–Kier alpha value is -2.76. The molecule has 0 bridgehead atoms. The summed E-state index contributed by atoms with van der Waals surface area (Å²) in [5.74, 6) is -1.66. The fourth-order valence-corrected chi connectivity index (χ4v) is 8.49. The Bertz CT molecular complexity index is 1340. The molecule has 33 heavy (non-hydrogen) atoms. The van der Waals surface area contributed by atoms with Gasteiger partial charge in [0.05, 0.1) is 4.90 Å². The highest BCUT2D eigenvalue weighted by Crippen LogP contribution is 2.56. The third kappa shape index (κ3) is 4.94. The zero-order chi connectivity index (χ0) is 23.5. The Balaban J connectivity index is 1.93. The van der Waals surface area contributed by atoms with Crippen LogP contribution in [0.3, 0.4) is 0 Å². The molecule has 0 aliphatic rings. The molecule has 8 heteroatoms. The highest BCUT2D eigenvalue weighted by atomic mass is 35.5. The maximum Gasteiger partial charge on any atom is 0.241 e. The van der Waals surface area contributed by atoms with E-state index in [1.165, 1.54) is 48.5 Å². The van der Waals surface area contributed by atoms with Gasteiger partial charge in [0, 0.05) is 15.6 Å². The van der Waals surface area contributed by atoms with Gasteiger partial charge >= 0.3 is 0 Å². The Morgan fingerprint density at radius 1 is 0.727 bits per heavy atom. The molecule has 168 valence electrons.